The molecule has 2 N–H and O–H groups in total. The van der Waals surface area contributed by atoms with Gasteiger partial charge in [0, 0.05) is 10.2 Å². The van der Waals surface area contributed by atoms with E-state index in [4.69, 9.17) is 10.4 Å². The molecule has 1 aromatic heterocycles. The molecule has 1 aromatic carbocycles. The summed E-state index contributed by atoms with van der Waals surface area (Å²) in [5.74, 6) is -0.556. The highest BCUT2D eigenvalue weighted by molar-refractivity contribution is 9.10. The van der Waals surface area contributed by atoms with E-state index in [1.54, 1.807) is 18.2 Å². The number of halogens is 1. The SMILES string of the molecule is Cc1ccc(C#N)c(Nc2ccc(C(=O)O)cc2Br)n1. The van der Waals surface area contributed by atoms with Gasteiger partial charge in [-0.25, -0.2) is 9.78 Å². The highest BCUT2D eigenvalue weighted by Crippen LogP contribution is 2.27. The predicted octanol–water partition coefficient (Wildman–Crippen LogP) is 3.47. The Labute approximate surface area is 124 Å². The zero-order chi connectivity index (χ0) is 14.7. The standard InChI is InChI=1S/C14H10BrN3O2/c1-8-2-3-10(7-16)13(17-8)18-12-5-4-9(14(19)20)6-11(12)15/h2-6H,1H3,(H,17,18)(H,19,20). The van der Waals surface area contributed by atoms with Crippen LogP contribution in [0.4, 0.5) is 11.5 Å². The lowest BCUT2D eigenvalue weighted by atomic mass is 10.2. The molecule has 0 aliphatic carbocycles. The average Bonchev–Trinajstić information content (AvgIpc) is 2.41. The second-order valence-corrected chi connectivity index (χ2v) is 4.94. The Morgan fingerprint density at radius 1 is 1.40 bits per heavy atom. The third-order valence-corrected chi connectivity index (χ3v) is 3.28. The van der Waals surface area contributed by atoms with Gasteiger partial charge in [-0.3, -0.25) is 0 Å². The van der Waals surface area contributed by atoms with E-state index in [-0.39, 0.29) is 5.56 Å². The summed E-state index contributed by atoms with van der Waals surface area (Å²) in [6, 6.07) is 10.1. The number of rotatable bonds is 3. The van der Waals surface area contributed by atoms with Gasteiger partial charge < -0.3 is 10.4 Å². The summed E-state index contributed by atoms with van der Waals surface area (Å²) in [5, 5.41) is 21.0. The lowest BCUT2D eigenvalue weighted by Gasteiger charge is -2.10. The van der Waals surface area contributed by atoms with E-state index >= 15 is 0 Å². The maximum absolute atomic E-state index is 10.9. The summed E-state index contributed by atoms with van der Waals surface area (Å²) in [6.07, 6.45) is 0. The second-order valence-electron chi connectivity index (χ2n) is 4.09. The second kappa shape index (κ2) is 5.72. The third-order valence-electron chi connectivity index (χ3n) is 2.62. The van der Waals surface area contributed by atoms with Crippen LogP contribution in [-0.2, 0) is 0 Å². The molecule has 0 aliphatic heterocycles. The van der Waals surface area contributed by atoms with E-state index in [0.29, 0.717) is 21.5 Å². The largest absolute Gasteiger partial charge is 0.478 e. The smallest absolute Gasteiger partial charge is 0.335 e. The Bertz CT molecular complexity index is 723. The molecule has 0 amide bonds. The van der Waals surface area contributed by atoms with E-state index in [9.17, 15) is 4.79 Å². The van der Waals surface area contributed by atoms with Crippen molar-refractivity contribution in [3.8, 4) is 6.07 Å². The third kappa shape index (κ3) is 2.95. The Morgan fingerprint density at radius 3 is 2.75 bits per heavy atom. The first-order valence-electron chi connectivity index (χ1n) is 5.69. The van der Waals surface area contributed by atoms with Gasteiger partial charge in [-0.2, -0.15) is 5.26 Å². The van der Waals surface area contributed by atoms with Crippen molar-refractivity contribution in [1.82, 2.24) is 4.98 Å². The lowest BCUT2D eigenvalue weighted by Crippen LogP contribution is -2.01. The number of carbonyl (C=O) groups is 1. The molecule has 20 heavy (non-hydrogen) atoms. The van der Waals surface area contributed by atoms with Gasteiger partial charge in [0.1, 0.15) is 11.9 Å². The van der Waals surface area contributed by atoms with Gasteiger partial charge in [-0.05, 0) is 53.2 Å². The van der Waals surface area contributed by atoms with E-state index in [0.717, 1.165) is 5.69 Å². The van der Waals surface area contributed by atoms with Crippen molar-refractivity contribution in [2.24, 2.45) is 0 Å². The number of nitrogens with zero attached hydrogens (tertiary/aromatic N) is 2. The Morgan fingerprint density at radius 2 is 2.15 bits per heavy atom. The van der Waals surface area contributed by atoms with Gasteiger partial charge in [0.2, 0.25) is 0 Å². The van der Waals surface area contributed by atoms with Crippen molar-refractivity contribution >= 4 is 33.4 Å². The van der Waals surface area contributed by atoms with Crippen molar-refractivity contribution in [2.75, 3.05) is 5.32 Å². The number of nitrogens with one attached hydrogen (secondary N) is 1. The minimum atomic E-state index is -0.997. The molecule has 0 fully saturated rings. The number of carboxylic acid groups (broad SMARTS) is 1. The van der Waals surface area contributed by atoms with Crippen molar-refractivity contribution in [3.63, 3.8) is 0 Å². The first kappa shape index (κ1) is 14.0. The number of aromatic nitrogens is 1. The fraction of sp³-hybridized carbons (Fsp3) is 0.0714. The fourth-order valence-corrected chi connectivity index (χ4v) is 2.10. The molecule has 5 nitrogen and oxygen atoms in total. The van der Waals surface area contributed by atoms with E-state index in [1.165, 1.54) is 12.1 Å². The Hall–Kier alpha value is -2.39. The zero-order valence-corrected chi connectivity index (χ0v) is 12.1. The molecule has 0 aliphatic rings. The molecule has 2 aromatic rings. The number of carboxylic acids is 1. The number of hydrogen-bond acceptors (Lipinski definition) is 4. The van der Waals surface area contributed by atoms with Gasteiger partial charge in [-0.1, -0.05) is 0 Å². The molecule has 0 unspecified atom stereocenters. The van der Waals surface area contributed by atoms with Gasteiger partial charge in [-0.15, -0.1) is 0 Å². The maximum Gasteiger partial charge on any atom is 0.335 e. The predicted molar refractivity (Wildman–Crippen MR) is 78.1 cm³/mol. The van der Waals surface area contributed by atoms with Crippen LogP contribution in [0, 0.1) is 18.3 Å². The number of pyridine rings is 1. The lowest BCUT2D eigenvalue weighted by molar-refractivity contribution is 0.0697. The first-order chi connectivity index (χ1) is 9.51. The quantitative estimate of drug-likeness (QED) is 0.899. The molecule has 0 saturated heterocycles. The van der Waals surface area contributed by atoms with Crippen LogP contribution in [0.3, 0.4) is 0 Å². The number of anilines is 2. The van der Waals surface area contributed by atoms with Gasteiger partial charge in [0.05, 0.1) is 16.8 Å². The zero-order valence-electron chi connectivity index (χ0n) is 10.5. The highest BCUT2D eigenvalue weighted by Gasteiger charge is 2.09. The molecule has 1 heterocycles. The molecule has 100 valence electrons. The molecule has 2 rings (SSSR count). The summed E-state index contributed by atoms with van der Waals surface area (Å²) in [6.45, 7) is 1.83. The molecular formula is C14H10BrN3O2. The topological polar surface area (TPSA) is 86.0 Å². The van der Waals surface area contributed by atoms with Crippen LogP contribution in [-0.4, -0.2) is 16.1 Å². The van der Waals surface area contributed by atoms with Crippen molar-refractivity contribution in [3.05, 3.63) is 51.6 Å². The van der Waals surface area contributed by atoms with Crippen molar-refractivity contribution in [1.29, 1.82) is 5.26 Å². The van der Waals surface area contributed by atoms with Gasteiger partial charge >= 0.3 is 5.97 Å². The summed E-state index contributed by atoms with van der Waals surface area (Å²) in [7, 11) is 0. The van der Waals surface area contributed by atoms with Crippen molar-refractivity contribution in [2.45, 2.75) is 6.92 Å². The molecule has 0 spiro atoms. The number of nitriles is 1. The highest BCUT2D eigenvalue weighted by atomic mass is 79.9. The summed E-state index contributed by atoms with van der Waals surface area (Å²) < 4.78 is 0.588. The molecule has 0 bridgehead atoms. The average molecular weight is 332 g/mol. The molecule has 0 atom stereocenters. The minimum absolute atomic E-state index is 0.181. The Balaban J connectivity index is 2.38. The van der Waals surface area contributed by atoms with Crippen molar-refractivity contribution < 1.29 is 9.90 Å². The maximum atomic E-state index is 10.9. The van der Waals surface area contributed by atoms with E-state index < -0.39 is 5.97 Å². The number of aryl methyl sites for hydroxylation is 1. The van der Waals surface area contributed by atoms with Crippen LogP contribution in [0.5, 0.6) is 0 Å². The molecular weight excluding hydrogens is 322 g/mol. The van der Waals surface area contributed by atoms with E-state index in [2.05, 4.69) is 32.3 Å². The van der Waals surface area contributed by atoms with Gasteiger partial charge in [0.15, 0.2) is 0 Å². The molecule has 0 saturated carbocycles. The van der Waals surface area contributed by atoms with Crippen LogP contribution >= 0.6 is 15.9 Å². The molecule has 0 radical (unpaired) electrons. The molecule has 6 heteroatoms. The number of hydrogen-bond donors (Lipinski definition) is 2. The first-order valence-corrected chi connectivity index (χ1v) is 6.48. The van der Waals surface area contributed by atoms with Crippen LogP contribution in [0.15, 0.2) is 34.8 Å². The monoisotopic (exact) mass is 331 g/mol. The normalized spacial score (nSPS) is 9.85. The number of benzene rings is 1. The van der Waals surface area contributed by atoms with Crippen LogP contribution in [0.1, 0.15) is 21.6 Å². The summed E-state index contributed by atoms with van der Waals surface area (Å²) in [5.41, 5.74) is 2.03. The minimum Gasteiger partial charge on any atom is -0.478 e. The van der Waals surface area contributed by atoms with Crippen LogP contribution < -0.4 is 5.32 Å². The van der Waals surface area contributed by atoms with Crippen LogP contribution in [0.25, 0.3) is 0 Å². The summed E-state index contributed by atoms with van der Waals surface area (Å²) >= 11 is 3.30. The fourth-order valence-electron chi connectivity index (χ4n) is 1.62. The van der Waals surface area contributed by atoms with Crippen LogP contribution in [0.2, 0.25) is 0 Å². The van der Waals surface area contributed by atoms with Gasteiger partial charge in [0.25, 0.3) is 0 Å². The van der Waals surface area contributed by atoms with E-state index in [1.807, 2.05) is 6.92 Å². The summed E-state index contributed by atoms with van der Waals surface area (Å²) in [4.78, 5) is 15.1. The Kier molecular flexibility index (Phi) is 4.01. The number of aromatic carboxylic acids is 1.